The van der Waals surface area contributed by atoms with E-state index >= 15 is 0 Å². The van der Waals surface area contributed by atoms with Gasteiger partial charge in [-0.25, -0.2) is 17.6 Å². The van der Waals surface area contributed by atoms with E-state index in [1.165, 1.54) is 31.4 Å². The number of carbonyl (C=O) groups is 2. The van der Waals surface area contributed by atoms with Gasteiger partial charge in [-0.3, -0.25) is 9.52 Å². The third-order valence-electron chi connectivity index (χ3n) is 3.24. The molecular weight excluding hydrogens is 403 g/mol. The third kappa shape index (κ3) is 5.16. The largest absolute Gasteiger partial charge is 0.478 e. The van der Waals surface area contributed by atoms with Crippen molar-refractivity contribution in [1.29, 1.82) is 0 Å². The Hall–Kier alpha value is -2.69. The van der Waals surface area contributed by atoms with Crippen LogP contribution >= 0.6 is 11.6 Å². The lowest BCUT2D eigenvalue weighted by Crippen LogP contribution is -2.17. The quantitative estimate of drug-likeness (QED) is 0.637. The number of methoxy groups -OCH3 is 1. The predicted molar refractivity (Wildman–Crippen MR) is 96.1 cm³/mol. The number of hydrogen-bond acceptors (Lipinski definition) is 5. The molecule has 0 saturated heterocycles. The van der Waals surface area contributed by atoms with E-state index in [9.17, 15) is 22.4 Å². The van der Waals surface area contributed by atoms with Gasteiger partial charge in [0.2, 0.25) is 5.91 Å². The number of aromatic carboxylic acids is 1. The highest BCUT2D eigenvalue weighted by Gasteiger charge is 2.23. The van der Waals surface area contributed by atoms with Crippen LogP contribution in [0.25, 0.3) is 0 Å². The van der Waals surface area contributed by atoms with Crippen LogP contribution in [0.15, 0.2) is 41.3 Å². The van der Waals surface area contributed by atoms with Gasteiger partial charge in [0.05, 0.1) is 10.6 Å². The summed E-state index contributed by atoms with van der Waals surface area (Å²) in [5, 5.41) is 11.0. The number of carboxylic acid groups (broad SMARTS) is 1. The van der Waals surface area contributed by atoms with Crippen molar-refractivity contribution < 1.29 is 32.2 Å². The first-order chi connectivity index (χ1) is 12.6. The molecule has 0 aliphatic heterocycles. The van der Waals surface area contributed by atoms with Crippen molar-refractivity contribution >= 4 is 44.9 Å². The number of carbonyl (C=O) groups excluding carboxylic acids is 1. The first kappa shape index (κ1) is 20.6. The summed E-state index contributed by atoms with van der Waals surface area (Å²) >= 11 is 5.76. The molecule has 2 rings (SSSR count). The molecule has 0 aliphatic carbocycles. The van der Waals surface area contributed by atoms with Crippen LogP contribution in [0.2, 0.25) is 5.02 Å². The Morgan fingerprint density at radius 1 is 1.19 bits per heavy atom. The molecule has 1 amide bonds. The minimum atomic E-state index is -4.28. The summed E-state index contributed by atoms with van der Waals surface area (Å²) in [6, 6.07) is 6.89. The highest BCUT2D eigenvalue weighted by molar-refractivity contribution is 7.92. The number of ether oxygens (including phenoxy) is 1. The maximum Gasteiger partial charge on any atom is 0.338 e. The van der Waals surface area contributed by atoms with Gasteiger partial charge in [0.15, 0.2) is 0 Å². The van der Waals surface area contributed by atoms with E-state index in [4.69, 9.17) is 16.7 Å². The number of sulfonamides is 1. The Balaban J connectivity index is 2.25. The van der Waals surface area contributed by atoms with Gasteiger partial charge in [-0.05, 0) is 36.4 Å². The number of nitrogens with one attached hydrogen (secondary N) is 2. The molecule has 27 heavy (non-hydrogen) atoms. The minimum absolute atomic E-state index is 0.122. The summed E-state index contributed by atoms with van der Waals surface area (Å²) in [5.74, 6) is -3.16. The Morgan fingerprint density at radius 3 is 2.33 bits per heavy atom. The average Bonchev–Trinajstić information content (AvgIpc) is 2.56. The lowest BCUT2D eigenvalue weighted by molar-refractivity contribution is -0.119. The van der Waals surface area contributed by atoms with Crippen LogP contribution < -0.4 is 10.0 Å². The SMILES string of the molecule is COCC(=O)Nc1ccc(NS(=O)(=O)c2cc(C(=O)O)c(F)cc2Cl)cc1. The van der Waals surface area contributed by atoms with E-state index in [-0.39, 0.29) is 18.2 Å². The molecule has 2 aromatic carbocycles. The van der Waals surface area contributed by atoms with Crippen LogP contribution in [-0.2, 0) is 19.6 Å². The highest BCUT2D eigenvalue weighted by Crippen LogP contribution is 2.27. The van der Waals surface area contributed by atoms with Gasteiger partial charge in [-0.1, -0.05) is 11.6 Å². The molecule has 0 spiro atoms. The molecule has 0 aliphatic rings. The molecular formula is C16H14ClFN2O6S. The van der Waals surface area contributed by atoms with Gasteiger partial charge < -0.3 is 15.2 Å². The smallest absolute Gasteiger partial charge is 0.338 e. The lowest BCUT2D eigenvalue weighted by Gasteiger charge is -2.11. The Kier molecular flexibility index (Phi) is 6.37. The number of hydrogen-bond donors (Lipinski definition) is 3. The van der Waals surface area contributed by atoms with Crippen molar-refractivity contribution in [2.45, 2.75) is 4.90 Å². The number of halogens is 2. The van der Waals surface area contributed by atoms with Crippen molar-refractivity contribution in [1.82, 2.24) is 0 Å². The second-order valence-electron chi connectivity index (χ2n) is 5.23. The normalized spacial score (nSPS) is 11.1. The van der Waals surface area contributed by atoms with Crippen LogP contribution in [0.3, 0.4) is 0 Å². The van der Waals surface area contributed by atoms with Crippen molar-refractivity contribution in [3.8, 4) is 0 Å². The molecule has 0 heterocycles. The zero-order chi connectivity index (χ0) is 20.2. The molecule has 0 unspecified atom stereocenters. The predicted octanol–water partition coefficient (Wildman–Crippen LogP) is 2.56. The second kappa shape index (κ2) is 8.33. The van der Waals surface area contributed by atoms with E-state index in [0.717, 1.165) is 0 Å². The van der Waals surface area contributed by atoms with E-state index in [1.54, 1.807) is 0 Å². The minimum Gasteiger partial charge on any atom is -0.478 e. The van der Waals surface area contributed by atoms with Gasteiger partial charge in [0.1, 0.15) is 17.3 Å². The maximum atomic E-state index is 13.6. The number of benzene rings is 2. The highest BCUT2D eigenvalue weighted by atomic mass is 35.5. The Bertz CT molecular complexity index is 979. The summed E-state index contributed by atoms with van der Waals surface area (Å²) < 4.78 is 45.4. The van der Waals surface area contributed by atoms with Crippen molar-refractivity contribution in [2.75, 3.05) is 23.8 Å². The monoisotopic (exact) mass is 416 g/mol. The molecule has 0 atom stereocenters. The number of carboxylic acids is 1. The van der Waals surface area contributed by atoms with E-state index < -0.39 is 37.3 Å². The maximum absolute atomic E-state index is 13.6. The molecule has 11 heteroatoms. The molecule has 8 nitrogen and oxygen atoms in total. The molecule has 0 radical (unpaired) electrons. The van der Waals surface area contributed by atoms with Crippen molar-refractivity contribution in [2.24, 2.45) is 0 Å². The standard InChI is InChI=1S/C16H14ClFN2O6S/c1-26-8-15(21)19-9-2-4-10(5-3-9)20-27(24,25)14-6-11(16(22)23)13(18)7-12(14)17/h2-7,20H,8H2,1H3,(H,19,21)(H,22,23). The summed E-state index contributed by atoms with van der Waals surface area (Å²) in [7, 11) is -2.91. The molecule has 2 aromatic rings. The first-order valence-electron chi connectivity index (χ1n) is 7.28. The summed E-state index contributed by atoms with van der Waals surface area (Å²) in [4.78, 5) is 21.8. The van der Waals surface area contributed by atoms with Gasteiger partial charge in [-0.2, -0.15) is 0 Å². The molecule has 3 N–H and O–H groups in total. The molecule has 144 valence electrons. The van der Waals surface area contributed by atoms with Gasteiger partial charge in [-0.15, -0.1) is 0 Å². The van der Waals surface area contributed by atoms with Gasteiger partial charge in [0, 0.05) is 18.5 Å². The van der Waals surface area contributed by atoms with Crippen LogP contribution in [-0.4, -0.2) is 39.1 Å². The number of amides is 1. The molecule has 0 bridgehead atoms. The summed E-state index contributed by atoms with van der Waals surface area (Å²) in [5.41, 5.74) is -0.291. The van der Waals surface area contributed by atoms with Crippen molar-refractivity contribution in [3.05, 3.63) is 52.8 Å². The lowest BCUT2D eigenvalue weighted by atomic mass is 10.2. The Labute approximate surface area is 159 Å². The van der Waals surface area contributed by atoms with Gasteiger partial charge >= 0.3 is 5.97 Å². The van der Waals surface area contributed by atoms with Crippen LogP contribution in [0.1, 0.15) is 10.4 Å². The van der Waals surface area contributed by atoms with E-state index in [2.05, 4.69) is 14.8 Å². The first-order valence-corrected chi connectivity index (χ1v) is 9.14. The fraction of sp³-hybridized carbons (Fsp3) is 0.125. The fourth-order valence-corrected chi connectivity index (χ4v) is 3.66. The van der Waals surface area contributed by atoms with E-state index in [1.807, 2.05) is 0 Å². The van der Waals surface area contributed by atoms with Crippen molar-refractivity contribution in [3.63, 3.8) is 0 Å². The van der Waals surface area contributed by atoms with Crippen LogP contribution in [0, 0.1) is 5.82 Å². The van der Waals surface area contributed by atoms with Crippen LogP contribution in [0.5, 0.6) is 0 Å². The third-order valence-corrected chi connectivity index (χ3v) is 5.08. The number of anilines is 2. The number of rotatable bonds is 7. The molecule has 0 saturated carbocycles. The molecule has 0 aromatic heterocycles. The van der Waals surface area contributed by atoms with E-state index in [0.29, 0.717) is 17.8 Å². The zero-order valence-electron chi connectivity index (χ0n) is 13.8. The topological polar surface area (TPSA) is 122 Å². The zero-order valence-corrected chi connectivity index (χ0v) is 15.4. The summed E-state index contributed by atoms with van der Waals surface area (Å²) in [6.45, 7) is -0.136. The Morgan fingerprint density at radius 2 is 1.78 bits per heavy atom. The molecule has 0 fully saturated rings. The summed E-state index contributed by atoms with van der Waals surface area (Å²) in [6.07, 6.45) is 0. The fourth-order valence-electron chi connectivity index (χ4n) is 2.06. The second-order valence-corrected chi connectivity index (χ2v) is 7.29. The van der Waals surface area contributed by atoms with Crippen LogP contribution in [0.4, 0.5) is 15.8 Å². The average molecular weight is 417 g/mol. The van der Waals surface area contributed by atoms with Gasteiger partial charge in [0.25, 0.3) is 10.0 Å².